The Hall–Kier alpha value is -3.56. The van der Waals surface area contributed by atoms with Gasteiger partial charge in [0.25, 0.3) is 0 Å². The Labute approximate surface area is 180 Å². The molecule has 31 heavy (non-hydrogen) atoms. The van der Waals surface area contributed by atoms with Crippen molar-refractivity contribution in [3.63, 3.8) is 0 Å². The van der Waals surface area contributed by atoms with Gasteiger partial charge < -0.3 is 10.6 Å². The number of aryl methyl sites for hydroxylation is 1. The van der Waals surface area contributed by atoms with E-state index in [-0.39, 0.29) is 11.4 Å². The third-order valence-electron chi connectivity index (χ3n) is 4.59. The molecule has 0 amide bonds. The van der Waals surface area contributed by atoms with Gasteiger partial charge in [-0.05, 0) is 59.7 Å². The molecule has 158 valence electrons. The number of hydrogen-bond acceptors (Lipinski definition) is 7. The van der Waals surface area contributed by atoms with Crippen LogP contribution in [0.1, 0.15) is 5.56 Å². The molecule has 2 heterocycles. The van der Waals surface area contributed by atoms with Crippen LogP contribution >= 0.6 is 0 Å². The van der Waals surface area contributed by atoms with Gasteiger partial charge in [0.15, 0.2) is 5.82 Å². The second kappa shape index (κ2) is 9.07. The van der Waals surface area contributed by atoms with Gasteiger partial charge in [-0.1, -0.05) is 30.3 Å². The molecule has 8 nitrogen and oxygen atoms in total. The fraction of sp³-hybridized carbons (Fsp3) is 0.136. The highest BCUT2D eigenvalue weighted by Gasteiger charge is 2.13. The Balaban J connectivity index is 1.29. The number of anilines is 3. The van der Waals surface area contributed by atoms with Crippen molar-refractivity contribution in [2.45, 2.75) is 11.8 Å². The smallest absolute Gasteiger partial charge is 0.240 e. The van der Waals surface area contributed by atoms with Gasteiger partial charge in [0.05, 0.1) is 4.90 Å². The molecule has 2 aromatic heterocycles. The predicted octanol–water partition coefficient (Wildman–Crippen LogP) is 3.47. The van der Waals surface area contributed by atoms with E-state index < -0.39 is 10.0 Å². The summed E-state index contributed by atoms with van der Waals surface area (Å²) in [6, 6.07) is 20.1. The van der Waals surface area contributed by atoms with Crippen LogP contribution in [0, 0.1) is 6.92 Å². The average Bonchev–Trinajstić information content (AvgIpc) is 2.77. The maximum absolute atomic E-state index is 12.5. The molecular formula is C22H22N6O2S. The summed E-state index contributed by atoms with van der Waals surface area (Å²) in [5.41, 5.74) is 1.09. The topological polar surface area (TPSA) is 109 Å². The quantitative estimate of drug-likeness (QED) is 0.364. The molecule has 0 bridgehead atoms. The minimum atomic E-state index is -3.59. The van der Waals surface area contributed by atoms with E-state index in [0.29, 0.717) is 24.0 Å². The van der Waals surface area contributed by atoms with Crippen molar-refractivity contribution < 1.29 is 8.42 Å². The van der Waals surface area contributed by atoms with E-state index in [0.717, 1.165) is 16.3 Å². The second-order valence-corrected chi connectivity index (χ2v) is 8.75. The van der Waals surface area contributed by atoms with E-state index in [4.69, 9.17) is 0 Å². The van der Waals surface area contributed by atoms with Gasteiger partial charge in [-0.3, -0.25) is 0 Å². The van der Waals surface area contributed by atoms with Gasteiger partial charge >= 0.3 is 0 Å². The van der Waals surface area contributed by atoms with Crippen molar-refractivity contribution in [3.05, 3.63) is 78.5 Å². The molecule has 0 atom stereocenters. The number of fused-ring (bicyclic) bond motifs is 1. The summed E-state index contributed by atoms with van der Waals surface area (Å²) >= 11 is 0. The summed E-state index contributed by atoms with van der Waals surface area (Å²) in [6.07, 6.45) is 1.72. The lowest BCUT2D eigenvalue weighted by Gasteiger charge is -2.09. The third-order valence-corrected chi connectivity index (χ3v) is 6.05. The van der Waals surface area contributed by atoms with Crippen molar-refractivity contribution >= 4 is 38.2 Å². The zero-order valence-electron chi connectivity index (χ0n) is 16.9. The summed E-state index contributed by atoms with van der Waals surface area (Å²) in [5.74, 6) is 1.81. The van der Waals surface area contributed by atoms with E-state index in [1.807, 2.05) is 43.3 Å². The molecule has 9 heteroatoms. The highest BCUT2D eigenvalue weighted by Crippen LogP contribution is 2.18. The van der Waals surface area contributed by atoms with Gasteiger partial charge in [0.2, 0.25) is 10.0 Å². The highest BCUT2D eigenvalue weighted by molar-refractivity contribution is 7.89. The first-order chi connectivity index (χ1) is 15.0. The molecule has 0 aliphatic rings. The first-order valence-electron chi connectivity index (χ1n) is 9.75. The Morgan fingerprint density at radius 3 is 2.35 bits per heavy atom. The van der Waals surface area contributed by atoms with Crippen LogP contribution < -0.4 is 15.4 Å². The number of nitrogens with one attached hydrogen (secondary N) is 3. The Morgan fingerprint density at radius 1 is 0.806 bits per heavy atom. The zero-order chi connectivity index (χ0) is 21.7. The number of nitrogens with zero attached hydrogens (tertiary/aromatic N) is 3. The third kappa shape index (κ3) is 5.33. The molecule has 0 radical (unpaired) electrons. The summed E-state index contributed by atoms with van der Waals surface area (Å²) < 4.78 is 27.7. The normalized spacial score (nSPS) is 11.4. The highest BCUT2D eigenvalue weighted by atomic mass is 32.2. The van der Waals surface area contributed by atoms with Crippen LogP contribution in [0.2, 0.25) is 0 Å². The molecule has 0 spiro atoms. The maximum Gasteiger partial charge on any atom is 0.240 e. The first-order valence-corrected chi connectivity index (χ1v) is 11.2. The number of hydrogen-bond donors (Lipinski definition) is 3. The molecular weight excluding hydrogens is 412 g/mol. The lowest BCUT2D eigenvalue weighted by molar-refractivity contribution is 0.583. The van der Waals surface area contributed by atoms with Crippen LogP contribution in [0.4, 0.5) is 17.5 Å². The van der Waals surface area contributed by atoms with E-state index in [9.17, 15) is 8.42 Å². The van der Waals surface area contributed by atoms with Crippen LogP contribution in [0.5, 0.6) is 0 Å². The standard InChI is InChI=1S/C22H22N6O2S/c1-16-10-11-23-22(14-16)26-21-9-8-20(27-28-21)24-12-13-25-31(29,30)19-7-6-17-4-2-3-5-18(17)15-19/h2-11,14-15,25H,12-13H2,1H3,(H,24,27)(H,23,26,28). The number of rotatable bonds is 8. The van der Waals surface area contributed by atoms with Crippen molar-refractivity contribution in [1.29, 1.82) is 0 Å². The van der Waals surface area contributed by atoms with E-state index in [2.05, 4.69) is 30.5 Å². The van der Waals surface area contributed by atoms with Gasteiger partial charge in [-0.25, -0.2) is 18.1 Å². The van der Waals surface area contributed by atoms with Crippen LogP contribution in [-0.2, 0) is 10.0 Å². The molecule has 0 aliphatic heterocycles. The molecule has 2 aromatic carbocycles. The molecule has 0 saturated carbocycles. The number of benzene rings is 2. The average molecular weight is 435 g/mol. The van der Waals surface area contributed by atoms with Crippen LogP contribution in [0.25, 0.3) is 10.8 Å². The molecule has 0 unspecified atom stereocenters. The number of pyridine rings is 1. The van der Waals surface area contributed by atoms with Crippen molar-refractivity contribution in [2.75, 3.05) is 23.7 Å². The van der Waals surface area contributed by atoms with Gasteiger partial charge in [-0.15, -0.1) is 10.2 Å². The number of aromatic nitrogens is 3. The van der Waals surface area contributed by atoms with Crippen LogP contribution in [-0.4, -0.2) is 36.7 Å². The summed E-state index contributed by atoms with van der Waals surface area (Å²) in [4.78, 5) is 4.46. The van der Waals surface area contributed by atoms with Crippen LogP contribution in [0.15, 0.2) is 77.8 Å². The Morgan fingerprint density at radius 2 is 1.58 bits per heavy atom. The molecule has 0 saturated heterocycles. The van der Waals surface area contributed by atoms with Gasteiger partial charge in [-0.2, -0.15) is 0 Å². The Bertz CT molecular complexity index is 1290. The Kier molecular flexibility index (Phi) is 6.06. The second-order valence-electron chi connectivity index (χ2n) is 6.98. The summed E-state index contributed by atoms with van der Waals surface area (Å²) in [7, 11) is -3.59. The van der Waals surface area contributed by atoms with Gasteiger partial charge in [0, 0.05) is 19.3 Å². The van der Waals surface area contributed by atoms with Crippen molar-refractivity contribution in [3.8, 4) is 0 Å². The minimum absolute atomic E-state index is 0.212. The molecule has 0 fully saturated rings. The SMILES string of the molecule is Cc1ccnc(Nc2ccc(NCCNS(=O)(=O)c3ccc4ccccc4c3)nn2)c1. The fourth-order valence-electron chi connectivity index (χ4n) is 3.02. The first kappa shape index (κ1) is 20.7. The fourth-order valence-corrected chi connectivity index (χ4v) is 4.09. The molecule has 0 aliphatic carbocycles. The minimum Gasteiger partial charge on any atom is -0.367 e. The van der Waals surface area contributed by atoms with E-state index in [1.54, 1.807) is 36.5 Å². The lowest BCUT2D eigenvalue weighted by Crippen LogP contribution is -2.29. The van der Waals surface area contributed by atoms with E-state index >= 15 is 0 Å². The predicted molar refractivity (Wildman–Crippen MR) is 122 cm³/mol. The molecule has 4 rings (SSSR count). The van der Waals surface area contributed by atoms with Crippen LogP contribution in [0.3, 0.4) is 0 Å². The number of sulfonamides is 1. The van der Waals surface area contributed by atoms with E-state index in [1.165, 1.54) is 0 Å². The maximum atomic E-state index is 12.5. The lowest BCUT2D eigenvalue weighted by atomic mass is 10.1. The molecule has 3 N–H and O–H groups in total. The molecule has 4 aromatic rings. The monoisotopic (exact) mass is 434 g/mol. The van der Waals surface area contributed by atoms with Crippen molar-refractivity contribution in [2.24, 2.45) is 0 Å². The van der Waals surface area contributed by atoms with Gasteiger partial charge in [0.1, 0.15) is 11.6 Å². The van der Waals surface area contributed by atoms with Crippen molar-refractivity contribution in [1.82, 2.24) is 19.9 Å². The summed E-state index contributed by atoms with van der Waals surface area (Å²) in [6.45, 7) is 2.57. The summed E-state index contributed by atoms with van der Waals surface area (Å²) in [5, 5.41) is 16.2. The largest absolute Gasteiger partial charge is 0.367 e. The zero-order valence-corrected chi connectivity index (χ0v) is 17.7.